The van der Waals surface area contributed by atoms with Gasteiger partial charge < -0.3 is 14.6 Å². The van der Waals surface area contributed by atoms with Gasteiger partial charge in [0.15, 0.2) is 0 Å². The molecule has 2 aliphatic rings. The first-order valence-electron chi connectivity index (χ1n) is 7.70. The molecule has 0 atom stereocenters. The average molecular weight is 263 g/mol. The molecule has 3 rings (SSSR count). The van der Waals surface area contributed by atoms with Crippen LogP contribution in [-0.4, -0.2) is 36.4 Å². The van der Waals surface area contributed by atoms with Crippen LogP contribution >= 0.6 is 0 Å². The molecule has 0 saturated carbocycles. The molecule has 3 heterocycles. The van der Waals surface area contributed by atoms with Crippen molar-refractivity contribution in [3.63, 3.8) is 0 Å². The number of ether oxygens (including phenoxy) is 1. The van der Waals surface area contributed by atoms with Gasteiger partial charge in [0.2, 0.25) is 0 Å². The lowest BCUT2D eigenvalue weighted by molar-refractivity contribution is 0.0843. The van der Waals surface area contributed by atoms with E-state index in [1.54, 1.807) is 0 Å². The molecule has 1 aromatic rings. The minimum atomic E-state index is 0.636. The van der Waals surface area contributed by atoms with Crippen molar-refractivity contribution in [2.75, 3.05) is 26.8 Å². The minimum Gasteiger partial charge on any atom is -0.381 e. The predicted octanol–water partition coefficient (Wildman–Crippen LogP) is 1.88. The Kier molecular flexibility index (Phi) is 4.18. The average Bonchev–Trinajstić information content (AvgIpc) is 2.85. The second kappa shape index (κ2) is 6.06. The lowest BCUT2D eigenvalue weighted by Gasteiger charge is -2.23. The zero-order valence-corrected chi connectivity index (χ0v) is 12.0. The highest BCUT2D eigenvalue weighted by molar-refractivity contribution is 5.23. The molecule has 106 valence electrons. The van der Waals surface area contributed by atoms with Crippen molar-refractivity contribution in [1.82, 2.24) is 14.9 Å². The van der Waals surface area contributed by atoms with Gasteiger partial charge in [-0.1, -0.05) is 0 Å². The maximum atomic E-state index is 5.49. The summed E-state index contributed by atoms with van der Waals surface area (Å²) in [5, 5.41) is 3.24. The van der Waals surface area contributed by atoms with Crippen molar-refractivity contribution in [1.29, 1.82) is 0 Å². The first kappa shape index (κ1) is 13.1. The molecule has 0 unspecified atom stereocenters. The summed E-state index contributed by atoms with van der Waals surface area (Å²) in [6, 6.07) is 0. The molecule has 19 heavy (non-hydrogen) atoms. The van der Waals surface area contributed by atoms with E-state index in [1.165, 1.54) is 43.0 Å². The zero-order valence-electron chi connectivity index (χ0n) is 12.0. The molecule has 4 nitrogen and oxygen atoms in total. The van der Waals surface area contributed by atoms with Gasteiger partial charge in [-0.05, 0) is 39.2 Å². The van der Waals surface area contributed by atoms with Gasteiger partial charge in [0, 0.05) is 44.3 Å². The zero-order chi connectivity index (χ0) is 13.1. The number of hydrogen-bond acceptors (Lipinski definition) is 3. The lowest BCUT2D eigenvalue weighted by atomic mass is 9.93. The molecule has 0 amide bonds. The fraction of sp³-hybridized carbons (Fsp3) is 0.800. The Hall–Kier alpha value is -0.870. The molecule has 0 bridgehead atoms. The number of nitrogens with one attached hydrogen (secondary N) is 1. The van der Waals surface area contributed by atoms with Gasteiger partial charge in [-0.15, -0.1) is 0 Å². The Morgan fingerprint density at radius 2 is 2.16 bits per heavy atom. The van der Waals surface area contributed by atoms with Crippen LogP contribution in [0.3, 0.4) is 0 Å². The van der Waals surface area contributed by atoms with E-state index >= 15 is 0 Å². The topological polar surface area (TPSA) is 39.1 Å². The Morgan fingerprint density at radius 1 is 1.32 bits per heavy atom. The summed E-state index contributed by atoms with van der Waals surface area (Å²) in [4.78, 5) is 5.02. The van der Waals surface area contributed by atoms with Gasteiger partial charge in [0.1, 0.15) is 5.82 Å². The Labute approximate surface area is 115 Å². The smallest absolute Gasteiger partial charge is 0.110 e. The molecule has 2 aliphatic heterocycles. The Balaban J connectivity index is 1.87. The van der Waals surface area contributed by atoms with Gasteiger partial charge in [0.05, 0.1) is 5.69 Å². The molecule has 1 N–H and O–H groups in total. The highest BCUT2D eigenvalue weighted by Crippen LogP contribution is 2.32. The number of likely N-dealkylation sites (N-methyl/N-ethyl adjacent to an activating group) is 1. The minimum absolute atomic E-state index is 0.636. The maximum absolute atomic E-state index is 5.49. The molecule has 4 heteroatoms. The van der Waals surface area contributed by atoms with Crippen molar-refractivity contribution >= 4 is 0 Å². The number of imidazole rings is 1. The molecule has 0 aromatic carbocycles. The van der Waals surface area contributed by atoms with Gasteiger partial charge >= 0.3 is 0 Å². The van der Waals surface area contributed by atoms with Crippen LogP contribution < -0.4 is 5.32 Å². The quantitative estimate of drug-likeness (QED) is 0.901. The van der Waals surface area contributed by atoms with Crippen molar-refractivity contribution in [2.45, 2.75) is 51.0 Å². The fourth-order valence-corrected chi connectivity index (χ4v) is 3.37. The highest BCUT2D eigenvalue weighted by atomic mass is 16.5. The van der Waals surface area contributed by atoms with Gasteiger partial charge in [-0.25, -0.2) is 4.98 Å². The van der Waals surface area contributed by atoms with Crippen LogP contribution in [0.2, 0.25) is 0 Å². The van der Waals surface area contributed by atoms with Crippen LogP contribution in [-0.2, 0) is 24.1 Å². The monoisotopic (exact) mass is 263 g/mol. The molecule has 1 aromatic heterocycles. The van der Waals surface area contributed by atoms with Crippen LogP contribution in [0.4, 0.5) is 0 Å². The van der Waals surface area contributed by atoms with Crippen molar-refractivity contribution in [3.05, 3.63) is 17.2 Å². The second-order valence-corrected chi connectivity index (χ2v) is 5.71. The maximum Gasteiger partial charge on any atom is 0.110 e. The summed E-state index contributed by atoms with van der Waals surface area (Å²) < 4.78 is 8.00. The van der Waals surface area contributed by atoms with E-state index < -0.39 is 0 Å². The van der Waals surface area contributed by atoms with Crippen LogP contribution in [0, 0.1) is 0 Å². The third kappa shape index (κ3) is 2.70. The van der Waals surface area contributed by atoms with E-state index in [-0.39, 0.29) is 0 Å². The van der Waals surface area contributed by atoms with E-state index in [4.69, 9.17) is 9.72 Å². The number of nitrogens with zero attached hydrogens (tertiary/aromatic N) is 2. The van der Waals surface area contributed by atoms with E-state index in [0.29, 0.717) is 5.92 Å². The SMILES string of the molecule is CNCCc1nc(C2CCOCC2)c2n1CCCC2. The summed E-state index contributed by atoms with van der Waals surface area (Å²) in [5.74, 6) is 1.93. The summed E-state index contributed by atoms with van der Waals surface area (Å²) in [7, 11) is 2.01. The summed E-state index contributed by atoms with van der Waals surface area (Å²) >= 11 is 0. The number of aromatic nitrogens is 2. The number of fused-ring (bicyclic) bond motifs is 1. The van der Waals surface area contributed by atoms with Crippen LogP contribution in [0.1, 0.15) is 48.8 Å². The first-order chi connectivity index (χ1) is 9.40. The molecule has 0 radical (unpaired) electrons. The Morgan fingerprint density at radius 3 is 2.95 bits per heavy atom. The largest absolute Gasteiger partial charge is 0.381 e. The molecular formula is C15H25N3O. The second-order valence-electron chi connectivity index (χ2n) is 5.71. The van der Waals surface area contributed by atoms with Crippen LogP contribution in [0.25, 0.3) is 0 Å². The van der Waals surface area contributed by atoms with E-state index in [2.05, 4.69) is 9.88 Å². The lowest BCUT2D eigenvalue weighted by Crippen LogP contribution is -2.18. The molecule has 0 aliphatic carbocycles. The van der Waals surface area contributed by atoms with Gasteiger partial charge in [0.25, 0.3) is 0 Å². The summed E-state index contributed by atoms with van der Waals surface area (Å²) in [6.07, 6.45) is 7.20. The number of hydrogen-bond donors (Lipinski definition) is 1. The third-order valence-electron chi connectivity index (χ3n) is 4.43. The standard InChI is InChI=1S/C15H25N3O/c1-16-8-5-14-17-15(12-6-10-19-11-7-12)13-4-2-3-9-18(13)14/h12,16H,2-11H2,1H3. The Bertz CT molecular complexity index is 421. The van der Waals surface area contributed by atoms with E-state index in [1.807, 2.05) is 7.05 Å². The number of rotatable bonds is 4. The molecule has 1 fully saturated rings. The van der Waals surface area contributed by atoms with Crippen molar-refractivity contribution in [3.8, 4) is 0 Å². The summed E-state index contributed by atoms with van der Waals surface area (Å²) in [5.41, 5.74) is 2.93. The molecular weight excluding hydrogens is 238 g/mol. The predicted molar refractivity (Wildman–Crippen MR) is 75.6 cm³/mol. The third-order valence-corrected chi connectivity index (χ3v) is 4.43. The van der Waals surface area contributed by atoms with Crippen molar-refractivity contribution in [2.24, 2.45) is 0 Å². The van der Waals surface area contributed by atoms with Crippen molar-refractivity contribution < 1.29 is 4.74 Å². The van der Waals surface area contributed by atoms with Gasteiger partial charge in [-0.2, -0.15) is 0 Å². The van der Waals surface area contributed by atoms with E-state index in [0.717, 1.165) is 39.0 Å². The van der Waals surface area contributed by atoms with Crippen LogP contribution in [0.5, 0.6) is 0 Å². The molecule has 0 spiro atoms. The normalized spacial score (nSPS) is 20.5. The fourth-order valence-electron chi connectivity index (χ4n) is 3.37. The molecule has 1 saturated heterocycles. The van der Waals surface area contributed by atoms with Gasteiger partial charge in [-0.3, -0.25) is 0 Å². The first-order valence-corrected chi connectivity index (χ1v) is 7.70. The van der Waals surface area contributed by atoms with E-state index in [9.17, 15) is 0 Å². The summed E-state index contributed by atoms with van der Waals surface area (Å²) in [6.45, 7) is 4.00. The highest BCUT2D eigenvalue weighted by Gasteiger charge is 2.26. The van der Waals surface area contributed by atoms with Crippen LogP contribution in [0.15, 0.2) is 0 Å².